The van der Waals surface area contributed by atoms with Crippen molar-refractivity contribution in [3.8, 4) is 0 Å². The fourth-order valence-corrected chi connectivity index (χ4v) is 3.27. The maximum Gasteiger partial charge on any atom is 0.191 e. The molecule has 4 nitrogen and oxygen atoms in total. The number of likely N-dealkylation sites (tertiary alicyclic amines) is 1. The van der Waals surface area contributed by atoms with E-state index in [2.05, 4.69) is 58.5 Å². The second-order valence-electron chi connectivity index (χ2n) is 6.04. The fraction of sp³-hybridized carbons (Fsp3) is 0.588. The molecule has 2 N–H and O–H groups in total. The van der Waals surface area contributed by atoms with Gasteiger partial charge in [0.25, 0.3) is 0 Å². The fourth-order valence-electron chi connectivity index (χ4n) is 2.64. The first-order chi connectivity index (χ1) is 10.7. The molecular formula is C17H28N4S. The molecule has 1 aliphatic heterocycles. The monoisotopic (exact) mass is 320 g/mol. The highest BCUT2D eigenvalue weighted by Gasteiger charge is 2.23. The van der Waals surface area contributed by atoms with Crippen LogP contribution in [0.1, 0.15) is 25.1 Å². The lowest BCUT2D eigenvalue weighted by molar-refractivity contribution is 0.265. The summed E-state index contributed by atoms with van der Waals surface area (Å²) in [5.74, 6) is 1.59. The van der Waals surface area contributed by atoms with Gasteiger partial charge in [0.1, 0.15) is 0 Å². The van der Waals surface area contributed by atoms with Gasteiger partial charge in [-0.2, -0.15) is 0 Å². The third kappa shape index (κ3) is 5.46. The molecule has 0 unspecified atom stereocenters. The van der Waals surface area contributed by atoms with Crippen LogP contribution in [0.4, 0.5) is 0 Å². The summed E-state index contributed by atoms with van der Waals surface area (Å²) in [7, 11) is 0. The minimum Gasteiger partial charge on any atom is -0.356 e. The number of nitrogens with zero attached hydrogens (tertiary/aromatic N) is 2. The molecule has 0 amide bonds. The van der Waals surface area contributed by atoms with Crippen LogP contribution >= 0.6 is 11.3 Å². The smallest absolute Gasteiger partial charge is 0.191 e. The van der Waals surface area contributed by atoms with Crippen molar-refractivity contribution in [3.63, 3.8) is 0 Å². The zero-order valence-electron chi connectivity index (χ0n) is 13.7. The molecular weight excluding hydrogens is 292 g/mol. The standard InChI is InChI=1S/C17H28N4S/c1-4-8-18-17(20-12-16-6-5-10-22-16)19-11-15-7-9-21(13-15)14(2)3/h4-6,10,14-15H,1,7-9,11-13H2,2-3H3,(H2,18,19,20)/t15-/m1/s1. The molecule has 0 radical (unpaired) electrons. The van der Waals surface area contributed by atoms with Crippen molar-refractivity contribution in [2.24, 2.45) is 10.9 Å². The predicted octanol–water partition coefficient (Wildman–Crippen LogP) is 2.70. The molecule has 1 aromatic rings. The van der Waals surface area contributed by atoms with Crippen LogP contribution < -0.4 is 10.6 Å². The van der Waals surface area contributed by atoms with Gasteiger partial charge in [0.05, 0.1) is 6.54 Å². The van der Waals surface area contributed by atoms with E-state index in [1.807, 2.05) is 6.08 Å². The van der Waals surface area contributed by atoms with E-state index < -0.39 is 0 Å². The summed E-state index contributed by atoms with van der Waals surface area (Å²) in [5.41, 5.74) is 0. The number of rotatable bonds is 7. The van der Waals surface area contributed by atoms with Crippen LogP contribution in [0.5, 0.6) is 0 Å². The van der Waals surface area contributed by atoms with Crippen molar-refractivity contribution >= 4 is 17.3 Å². The molecule has 0 aliphatic carbocycles. The van der Waals surface area contributed by atoms with Gasteiger partial charge in [0.2, 0.25) is 0 Å². The number of hydrogen-bond acceptors (Lipinski definition) is 3. The van der Waals surface area contributed by atoms with Crippen LogP contribution in [-0.2, 0) is 6.54 Å². The average Bonchev–Trinajstić information content (AvgIpc) is 3.18. The maximum atomic E-state index is 4.66. The number of nitrogens with one attached hydrogen (secondary N) is 2. The quantitative estimate of drug-likeness (QED) is 0.461. The van der Waals surface area contributed by atoms with E-state index in [1.54, 1.807) is 11.3 Å². The predicted molar refractivity (Wildman–Crippen MR) is 96.5 cm³/mol. The van der Waals surface area contributed by atoms with Gasteiger partial charge in [0.15, 0.2) is 5.96 Å². The van der Waals surface area contributed by atoms with Gasteiger partial charge in [-0.3, -0.25) is 0 Å². The molecule has 1 aliphatic rings. The highest BCUT2D eigenvalue weighted by Crippen LogP contribution is 2.17. The van der Waals surface area contributed by atoms with Crippen molar-refractivity contribution in [1.29, 1.82) is 0 Å². The summed E-state index contributed by atoms with van der Waals surface area (Å²) in [4.78, 5) is 8.49. The SMILES string of the molecule is C=CCNC(=NCc1cccs1)NC[C@H]1CCN(C(C)C)C1. The van der Waals surface area contributed by atoms with E-state index in [0.29, 0.717) is 12.0 Å². The molecule has 0 aromatic carbocycles. The molecule has 1 saturated heterocycles. The van der Waals surface area contributed by atoms with E-state index >= 15 is 0 Å². The van der Waals surface area contributed by atoms with Crippen LogP contribution in [0, 0.1) is 5.92 Å². The molecule has 5 heteroatoms. The molecule has 2 rings (SSSR count). The number of hydrogen-bond donors (Lipinski definition) is 2. The van der Waals surface area contributed by atoms with Gasteiger partial charge >= 0.3 is 0 Å². The second kappa shape index (κ2) is 8.96. The van der Waals surface area contributed by atoms with Crippen LogP contribution in [0.3, 0.4) is 0 Å². The summed E-state index contributed by atoms with van der Waals surface area (Å²) in [6.07, 6.45) is 3.13. The lowest BCUT2D eigenvalue weighted by Crippen LogP contribution is -2.40. The Hall–Kier alpha value is -1.33. The van der Waals surface area contributed by atoms with E-state index in [-0.39, 0.29) is 0 Å². The Bertz CT molecular complexity index is 467. The van der Waals surface area contributed by atoms with Gasteiger partial charge in [-0.05, 0) is 44.2 Å². The van der Waals surface area contributed by atoms with Crippen LogP contribution in [0.15, 0.2) is 35.2 Å². The average molecular weight is 321 g/mol. The van der Waals surface area contributed by atoms with Gasteiger partial charge in [-0.15, -0.1) is 17.9 Å². The van der Waals surface area contributed by atoms with E-state index in [0.717, 1.165) is 25.6 Å². The zero-order valence-corrected chi connectivity index (χ0v) is 14.5. The molecule has 1 fully saturated rings. The van der Waals surface area contributed by atoms with Gasteiger partial charge in [0, 0.05) is 30.6 Å². The lowest BCUT2D eigenvalue weighted by atomic mass is 10.1. The molecule has 0 spiro atoms. The van der Waals surface area contributed by atoms with Gasteiger partial charge in [-0.25, -0.2) is 4.99 Å². The molecule has 1 atom stereocenters. The Morgan fingerprint density at radius 2 is 2.41 bits per heavy atom. The first kappa shape index (κ1) is 17.0. The minimum atomic E-state index is 0.649. The summed E-state index contributed by atoms with van der Waals surface area (Å²) >= 11 is 1.75. The van der Waals surface area contributed by atoms with Crippen LogP contribution in [-0.4, -0.2) is 43.1 Å². The first-order valence-electron chi connectivity index (χ1n) is 8.08. The van der Waals surface area contributed by atoms with E-state index in [1.165, 1.54) is 24.4 Å². The molecule has 22 heavy (non-hydrogen) atoms. The Labute approximate surface area is 138 Å². The Kier molecular flexibility index (Phi) is 6.93. The minimum absolute atomic E-state index is 0.649. The van der Waals surface area contributed by atoms with Crippen molar-refractivity contribution in [2.45, 2.75) is 32.9 Å². The van der Waals surface area contributed by atoms with Crippen LogP contribution in [0.25, 0.3) is 0 Å². The summed E-state index contributed by atoms with van der Waals surface area (Å²) < 4.78 is 0. The maximum absolute atomic E-state index is 4.66. The van der Waals surface area contributed by atoms with E-state index in [9.17, 15) is 0 Å². The number of aliphatic imine (C=N–C) groups is 1. The highest BCUT2D eigenvalue weighted by molar-refractivity contribution is 7.09. The van der Waals surface area contributed by atoms with Crippen LogP contribution in [0.2, 0.25) is 0 Å². The summed E-state index contributed by atoms with van der Waals surface area (Å²) in [6.45, 7) is 13.2. The number of guanidine groups is 1. The van der Waals surface area contributed by atoms with Gasteiger partial charge < -0.3 is 15.5 Å². The molecule has 122 valence electrons. The molecule has 0 bridgehead atoms. The van der Waals surface area contributed by atoms with E-state index in [4.69, 9.17) is 0 Å². The highest BCUT2D eigenvalue weighted by atomic mass is 32.1. The lowest BCUT2D eigenvalue weighted by Gasteiger charge is -2.20. The largest absolute Gasteiger partial charge is 0.356 e. The van der Waals surface area contributed by atoms with Crippen molar-refractivity contribution < 1.29 is 0 Å². The second-order valence-corrected chi connectivity index (χ2v) is 7.07. The number of thiophene rings is 1. The molecule has 0 saturated carbocycles. The third-order valence-electron chi connectivity index (χ3n) is 3.99. The van der Waals surface area contributed by atoms with Crippen molar-refractivity contribution in [1.82, 2.24) is 15.5 Å². The summed E-state index contributed by atoms with van der Waals surface area (Å²) in [5, 5.41) is 8.88. The first-order valence-corrected chi connectivity index (χ1v) is 8.96. The normalized spacial score (nSPS) is 19.6. The zero-order chi connectivity index (χ0) is 15.8. The topological polar surface area (TPSA) is 39.7 Å². The molecule has 1 aromatic heterocycles. The van der Waals surface area contributed by atoms with Crippen molar-refractivity contribution in [2.75, 3.05) is 26.2 Å². The summed E-state index contributed by atoms with van der Waals surface area (Å²) in [6, 6.07) is 4.84. The molecule has 2 heterocycles. The Morgan fingerprint density at radius 1 is 1.55 bits per heavy atom. The third-order valence-corrected chi connectivity index (χ3v) is 4.85. The van der Waals surface area contributed by atoms with Gasteiger partial charge in [-0.1, -0.05) is 12.1 Å². The Morgan fingerprint density at radius 3 is 3.05 bits per heavy atom. The Balaban J connectivity index is 1.81. The van der Waals surface area contributed by atoms with Crippen molar-refractivity contribution in [3.05, 3.63) is 35.0 Å².